The quantitative estimate of drug-likeness (QED) is 0.914. The first kappa shape index (κ1) is 17.2. The van der Waals surface area contributed by atoms with Crippen molar-refractivity contribution < 1.29 is 18.0 Å². The van der Waals surface area contributed by atoms with E-state index in [4.69, 9.17) is 0 Å². The number of nitrogens with zero attached hydrogens (tertiary/aromatic N) is 2. The van der Waals surface area contributed by atoms with Crippen molar-refractivity contribution in [1.29, 1.82) is 0 Å². The van der Waals surface area contributed by atoms with E-state index in [1.54, 1.807) is 0 Å². The first-order valence-corrected chi connectivity index (χ1v) is 8.54. The number of amides is 1. The largest absolute Gasteiger partial charge is 0.433 e. The van der Waals surface area contributed by atoms with Gasteiger partial charge < -0.3 is 5.32 Å². The molecule has 7 heteroatoms. The zero-order valence-corrected chi connectivity index (χ0v) is 13.7. The van der Waals surface area contributed by atoms with Gasteiger partial charge in [-0.05, 0) is 44.1 Å². The Kier molecular flexibility index (Phi) is 4.78. The molecule has 0 bridgehead atoms. The van der Waals surface area contributed by atoms with Gasteiger partial charge in [0.2, 0.25) is 5.91 Å². The van der Waals surface area contributed by atoms with Crippen LogP contribution in [0.4, 0.5) is 13.2 Å². The predicted octanol–water partition coefficient (Wildman–Crippen LogP) is 3.29. The summed E-state index contributed by atoms with van der Waals surface area (Å²) in [6.07, 6.45) is 1.34. The van der Waals surface area contributed by atoms with E-state index in [-0.39, 0.29) is 36.3 Å². The van der Waals surface area contributed by atoms with Crippen LogP contribution >= 0.6 is 0 Å². The molecule has 1 aromatic heterocycles. The molecule has 2 saturated carbocycles. The minimum Gasteiger partial charge on any atom is -0.355 e. The lowest BCUT2D eigenvalue weighted by Crippen LogP contribution is -2.34. The molecule has 1 heterocycles. The third-order valence-corrected chi connectivity index (χ3v) is 5.26. The summed E-state index contributed by atoms with van der Waals surface area (Å²) in [7, 11) is 0. The van der Waals surface area contributed by atoms with Gasteiger partial charge in [-0.25, -0.2) is 9.97 Å². The topological polar surface area (TPSA) is 54.9 Å². The van der Waals surface area contributed by atoms with E-state index >= 15 is 0 Å². The van der Waals surface area contributed by atoms with E-state index in [2.05, 4.69) is 15.3 Å². The van der Waals surface area contributed by atoms with Gasteiger partial charge in [-0.1, -0.05) is 12.8 Å². The van der Waals surface area contributed by atoms with E-state index in [1.807, 2.05) is 0 Å². The summed E-state index contributed by atoms with van der Waals surface area (Å²) in [5.41, 5.74) is -0.649. The maximum absolute atomic E-state index is 12.8. The van der Waals surface area contributed by atoms with Crippen LogP contribution in [0.25, 0.3) is 0 Å². The Morgan fingerprint density at radius 1 is 1.25 bits per heavy atom. The second-order valence-electron chi connectivity index (χ2n) is 6.89. The number of halogens is 3. The van der Waals surface area contributed by atoms with E-state index in [0.29, 0.717) is 11.8 Å². The molecule has 1 amide bonds. The number of nitrogens with one attached hydrogen (secondary N) is 1. The van der Waals surface area contributed by atoms with Crippen molar-refractivity contribution in [3.8, 4) is 0 Å². The molecular formula is C17H22F3N3O. The van der Waals surface area contributed by atoms with Crippen molar-refractivity contribution >= 4 is 5.91 Å². The summed E-state index contributed by atoms with van der Waals surface area (Å²) in [5, 5.41) is 2.86. The standard InChI is InChI=1S/C17H22F3N3O/c1-10-9-14(17(18,19)20)23-15(22-10)7-8-21-16(24)13-6-5-11-3-2-4-12(11)13/h9,11-13H,2-8H2,1H3,(H,21,24)/t11-,12-,13-/m0/s1. The number of carbonyl (C=O) groups is 1. The lowest BCUT2D eigenvalue weighted by Gasteiger charge is -2.18. The summed E-state index contributed by atoms with van der Waals surface area (Å²) in [6.45, 7) is 1.78. The molecule has 1 N–H and O–H groups in total. The lowest BCUT2D eigenvalue weighted by molar-refractivity contribution is -0.141. The van der Waals surface area contributed by atoms with Gasteiger partial charge in [0, 0.05) is 24.6 Å². The van der Waals surface area contributed by atoms with Crippen LogP contribution in [-0.4, -0.2) is 22.4 Å². The minimum atomic E-state index is -4.48. The molecule has 132 valence electrons. The molecule has 4 nitrogen and oxygen atoms in total. The van der Waals surface area contributed by atoms with E-state index in [0.717, 1.165) is 25.3 Å². The molecule has 24 heavy (non-hydrogen) atoms. The molecule has 0 radical (unpaired) electrons. The van der Waals surface area contributed by atoms with E-state index in [9.17, 15) is 18.0 Å². The number of hydrogen-bond acceptors (Lipinski definition) is 3. The van der Waals surface area contributed by atoms with Crippen LogP contribution < -0.4 is 5.32 Å². The van der Waals surface area contributed by atoms with Crippen LogP contribution in [0.15, 0.2) is 6.07 Å². The predicted molar refractivity (Wildman–Crippen MR) is 82.0 cm³/mol. The Labute approximate surface area is 139 Å². The number of carbonyl (C=O) groups excluding carboxylic acids is 1. The number of fused-ring (bicyclic) bond motifs is 1. The Bertz CT molecular complexity index is 618. The van der Waals surface area contributed by atoms with Gasteiger partial charge in [0.1, 0.15) is 11.5 Å². The lowest BCUT2D eigenvalue weighted by atomic mass is 9.91. The molecule has 0 aliphatic heterocycles. The van der Waals surface area contributed by atoms with Crippen LogP contribution in [-0.2, 0) is 17.4 Å². The number of alkyl halides is 3. The molecule has 3 rings (SSSR count). The second kappa shape index (κ2) is 6.69. The molecule has 0 aromatic carbocycles. The smallest absolute Gasteiger partial charge is 0.355 e. The normalized spacial score (nSPS) is 26.4. The molecule has 2 aliphatic rings. The Morgan fingerprint density at radius 3 is 2.79 bits per heavy atom. The van der Waals surface area contributed by atoms with E-state index < -0.39 is 11.9 Å². The van der Waals surface area contributed by atoms with Crippen molar-refractivity contribution in [3.63, 3.8) is 0 Å². The van der Waals surface area contributed by atoms with Gasteiger partial charge in [0.15, 0.2) is 0 Å². The highest BCUT2D eigenvalue weighted by Crippen LogP contribution is 2.47. The Hall–Kier alpha value is -1.66. The number of rotatable bonds is 4. The third kappa shape index (κ3) is 3.70. The van der Waals surface area contributed by atoms with Crippen LogP contribution in [0.3, 0.4) is 0 Å². The summed E-state index contributed by atoms with van der Waals surface area (Å²) in [4.78, 5) is 19.9. The van der Waals surface area contributed by atoms with Crippen LogP contribution in [0.2, 0.25) is 0 Å². The first-order valence-electron chi connectivity index (χ1n) is 8.54. The van der Waals surface area contributed by atoms with Gasteiger partial charge >= 0.3 is 6.18 Å². The number of hydrogen-bond donors (Lipinski definition) is 1. The monoisotopic (exact) mass is 341 g/mol. The molecule has 1 aromatic rings. The highest BCUT2D eigenvalue weighted by Gasteiger charge is 2.42. The average Bonchev–Trinajstić information content (AvgIpc) is 3.08. The van der Waals surface area contributed by atoms with Gasteiger partial charge in [-0.2, -0.15) is 13.2 Å². The van der Waals surface area contributed by atoms with Crippen LogP contribution in [0, 0.1) is 24.7 Å². The first-order chi connectivity index (χ1) is 11.3. The van der Waals surface area contributed by atoms with Gasteiger partial charge in [-0.3, -0.25) is 4.79 Å². The summed E-state index contributed by atoms with van der Waals surface area (Å²) in [5.74, 6) is 1.41. The maximum atomic E-state index is 12.8. The van der Waals surface area contributed by atoms with Crippen LogP contribution in [0.1, 0.15) is 49.3 Å². The fourth-order valence-electron chi connectivity index (χ4n) is 4.20. The Morgan fingerprint density at radius 2 is 2.04 bits per heavy atom. The maximum Gasteiger partial charge on any atom is 0.433 e. The highest BCUT2D eigenvalue weighted by molar-refractivity contribution is 5.79. The third-order valence-electron chi connectivity index (χ3n) is 5.26. The van der Waals surface area contributed by atoms with Crippen molar-refractivity contribution in [2.75, 3.05) is 6.54 Å². The summed E-state index contributed by atoms with van der Waals surface area (Å²) >= 11 is 0. The fraction of sp³-hybridized carbons (Fsp3) is 0.706. The zero-order chi connectivity index (χ0) is 17.3. The number of aryl methyl sites for hydroxylation is 1. The Balaban J connectivity index is 1.55. The molecular weight excluding hydrogens is 319 g/mol. The van der Waals surface area contributed by atoms with Gasteiger partial charge in [-0.15, -0.1) is 0 Å². The second-order valence-corrected chi connectivity index (χ2v) is 6.89. The van der Waals surface area contributed by atoms with Crippen molar-refractivity contribution in [2.24, 2.45) is 17.8 Å². The number of aromatic nitrogens is 2. The molecule has 0 unspecified atom stereocenters. The summed E-state index contributed by atoms with van der Waals surface area (Å²) in [6, 6.07) is 0.931. The molecule has 0 spiro atoms. The molecule has 2 fully saturated rings. The van der Waals surface area contributed by atoms with Crippen molar-refractivity contribution in [3.05, 3.63) is 23.3 Å². The molecule has 0 saturated heterocycles. The van der Waals surface area contributed by atoms with Gasteiger partial charge in [0.05, 0.1) is 0 Å². The highest BCUT2D eigenvalue weighted by atomic mass is 19.4. The van der Waals surface area contributed by atoms with Crippen molar-refractivity contribution in [2.45, 2.75) is 51.6 Å². The van der Waals surface area contributed by atoms with E-state index in [1.165, 1.54) is 19.8 Å². The summed E-state index contributed by atoms with van der Waals surface area (Å²) < 4.78 is 38.3. The molecule has 3 atom stereocenters. The molecule has 2 aliphatic carbocycles. The van der Waals surface area contributed by atoms with Gasteiger partial charge in [0.25, 0.3) is 0 Å². The van der Waals surface area contributed by atoms with Crippen molar-refractivity contribution in [1.82, 2.24) is 15.3 Å². The zero-order valence-electron chi connectivity index (χ0n) is 13.7. The minimum absolute atomic E-state index is 0.0353. The SMILES string of the molecule is Cc1cc(C(F)(F)F)nc(CCNC(=O)[C@H]2CC[C@@H]3CCC[C@@H]32)n1. The van der Waals surface area contributed by atoms with Crippen LogP contribution in [0.5, 0.6) is 0 Å². The average molecular weight is 341 g/mol. The fourth-order valence-corrected chi connectivity index (χ4v) is 4.20.